The first-order valence-electron chi connectivity index (χ1n) is 5.93. The number of aromatic nitrogens is 1. The van der Waals surface area contributed by atoms with Crippen LogP contribution in [-0.4, -0.2) is 19.9 Å². The molecule has 1 aliphatic heterocycles. The molecule has 0 unspecified atom stereocenters. The molecule has 1 aromatic carbocycles. The molecular weight excluding hydrogens is 301 g/mol. The predicted octanol–water partition coefficient (Wildman–Crippen LogP) is 1.92. The molecule has 0 amide bonds. The molecule has 1 aliphatic rings. The number of nitrogens with two attached hydrogens (primary N) is 1. The summed E-state index contributed by atoms with van der Waals surface area (Å²) < 4.78 is 40.0. The lowest BCUT2D eigenvalue weighted by molar-refractivity contribution is 0.593. The summed E-state index contributed by atoms with van der Waals surface area (Å²) in [5, 5.41) is 0.208. The first-order chi connectivity index (χ1) is 9.39. The molecule has 2 aromatic rings. The van der Waals surface area contributed by atoms with Gasteiger partial charge in [0.15, 0.2) is 9.34 Å². The maximum absolute atomic E-state index is 13.4. The van der Waals surface area contributed by atoms with Gasteiger partial charge in [0.25, 0.3) is 10.0 Å². The van der Waals surface area contributed by atoms with Crippen molar-refractivity contribution >= 4 is 32.2 Å². The third-order valence-corrected chi connectivity index (χ3v) is 6.58. The van der Waals surface area contributed by atoms with Crippen molar-refractivity contribution < 1.29 is 12.8 Å². The molecule has 0 saturated heterocycles. The van der Waals surface area contributed by atoms with Crippen LogP contribution in [0.2, 0.25) is 0 Å². The lowest BCUT2D eigenvalue weighted by Crippen LogP contribution is -2.29. The summed E-state index contributed by atoms with van der Waals surface area (Å²) >= 11 is 0.930. The fourth-order valence-corrected chi connectivity index (χ4v) is 5.21. The average Bonchev–Trinajstić information content (AvgIpc) is 2.92. The number of fused-ring (bicyclic) bond motifs is 1. The second kappa shape index (κ2) is 4.42. The summed E-state index contributed by atoms with van der Waals surface area (Å²) in [5.74, 6) is -0.452. The van der Waals surface area contributed by atoms with Gasteiger partial charge < -0.3 is 5.73 Å². The van der Waals surface area contributed by atoms with Gasteiger partial charge in [-0.15, -0.1) is 0 Å². The molecule has 0 spiro atoms. The topological polar surface area (TPSA) is 76.3 Å². The van der Waals surface area contributed by atoms with Crippen molar-refractivity contribution in [1.82, 2.24) is 4.98 Å². The van der Waals surface area contributed by atoms with Crippen LogP contribution in [0.3, 0.4) is 0 Å². The average molecular weight is 313 g/mol. The number of halogens is 1. The fourth-order valence-electron chi connectivity index (χ4n) is 2.31. The highest BCUT2D eigenvalue weighted by atomic mass is 32.2. The zero-order chi connectivity index (χ0) is 14.5. The Morgan fingerprint density at radius 2 is 2.20 bits per heavy atom. The molecule has 0 radical (unpaired) electrons. The minimum atomic E-state index is -3.74. The van der Waals surface area contributed by atoms with Gasteiger partial charge in [-0.05, 0) is 31.0 Å². The number of benzene rings is 1. The molecule has 5 nitrogen and oxygen atoms in total. The molecule has 0 fully saturated rings. The van der Waals surface area contributed by atoms with Gasteiger partial charge in [-0.25, -0.2) is 17.8 Å². The zero-order valence-corrected chi connectivity index (χ0v) is 12.3. The minimum absolute atomic E-state index is 0.118. The Hall–Kier alpha value is -1.67. The molecule has 0 bridgehead atoms. The standard InChI is InChI=1S/C12H12FN3O2S2/c1-7-11(19-12(14)15-7)20(17,18)16-5-4-8-2-3-9(13)6-10(8)16/h2-3,6H,4-5H2,1H3,(H2,14,15). The Bertz CT molecular complexity index is 786. The number of hydrogen-bond donors (Lipinski definition) is 1. The number of rotatable bonds is 2. The quantitative estimate of drug-likeness (QED) is 0.919. The van der Waals surface area contributed by atoms with Gasteiger partial charge in [0, 0.05) is 6.54 Å². The smallest absolute Gasteiger partial charge is 0.275 e. The van der Waals surface area contributed by atoms with E-state index in [2.05, 4.69) is 4.98 Å². The number of hydrogen-bond acceptors (Lipinski definition) is 5. The molecule has 2 heterocycles. The summed E-state index contributed by atoms with van der Waals surface area (Å²) in [7, 11) is -3.74. The third kappa shape index (κ3) is 1.95. The van der Waals surface area contributed by atoms with Gasteiger partial charge in [-0.2, -0.15) is 0 Å². The SMILES string of the molecule is Cc1nc(N)sc1S(=O)(=O)N1CCc2ccc(F)cc21. The second-order valence-electron chi connectivity index (χ2n) is 4.53. The van der Waals surface area contributed by atoms with Crippen LogP contribution >= 0.6 is 11.3 Å². The van der Waals surface area contributed by atoms with E-state index in [1.54, 1.807) is 13.0 Å². The molecule has 2 N–H and O–H groups in total. The van der Waals surface area contributed by atoms with Crippen molar-refractivity contribution in [2.45, 2.75) is 17.6 Å². The Morgan fingerprint density at radius 3 is 2.85 bits per heavy atom. The van der Waals surface area contributed by atoms with E-state index in [1.807, 2.05) is 0 Å². The van der Waals surface area contributed by atoms with E-state index in [1.165, 1.54) is 16.4 Å². The van der Waals surface area contributed by atoms with Crippen molar-refractivity contribution in [3.63, 3.8) is 0 Å². The first kappa shape index (κ1) is 13.3. The van der Waals surface area contributed by atoms with Crippen LogP contribution in [-0.2, 0) is 16.4 Å². The summed E-state index contributed by atoms with van der Waals surface area (Å²) in [5.41, 5.74) is 7.15. The lowest BCUT2D eigenvalue weighted by Gasteiger charge is -2.18. The van der Waals surface area contributed by atoms with Gasteiger partial charge in [0.2, 0.25) is 0 Å². The summed E-state index contributed by atoms with van der Waals surface area (Å²) in [4.78, 5) is 3.94. The van der Waals surface area contributed by atoms with E-state index in [4.69, 9.17) is 5.73 Å². The summed E-state index contributed by atoms with van der Waals surface area (Å²) in [6.45, 7) is 1.90. The number of nitrogens with zero attached hydrogens (tertiary/aromatic N) is 2. The summed E-state index contributed by atoms with van der Waals surface area (Å²) in [6, 6.07) is 4.21. The number of aryl methyl sites for hydroxylation is 1. The minimum Gasteiger partial charge on any atom is -0.375 e. The van der Waals surface area contributed by atoms with E-state index in [0.29, 0.717) is 24.3 Å². The van der Waals surface area contributed by atoms with E-state index in [0.717, 1.165) is 16.9 Å². The van der Waals surface area contributed by atoms with Crippen molar-refractivity contribution in [3.05, 3.63) is 35.3 Å². The van der Waals surface area contributed by atoms with Crippen molar-refractivity contribution in [2.75, 3.05) is 16.6 Å². The van der Waals surface area contributed by atoms with E-state index < -0.39 is 15.8 Å². The third-order valence-electron chi connectivity index (χ3n) is 3.20. The fraction of sp³-hybridized carbons (Fsp3) is 0.250. The number of thiazole rings is 1. The number of anilines is 2. The maximum Gasteiger partial charge on any atom is 0.275 e. The molecule has 0 atom stereocenters. The second-order valence-corrected chi connectivity index (χ2v) is 7.61. The monoisotopic (exact) mass is 313 g/mol. The van der Waals surface area contributed by atoms with E-state index >= 15 is 0 Å². The largest absolute Gasteiger partial charge is 0.375 e. The van der Waals surface area contributed by atoms with Crippen LogP contribution in [0.5, 0.6) is 0 Å². The van der Waals surface area contributed by atoms with E-state index in [-0.39, 0.29) is 9.34 Å². The molecule has 106 valence electrons. The van der Waals surface area contributed by atoms with Crippen LogP contribution in [0.15, 0.2) is 22.4 Å². The van der Waals surface area contributed by atoms with Gasteiger partial charge >= 0.3 is 0 Å². The Labute approximate surface area is 119 Å². The van der Waals surface area contributed by atoms with E-state index in [9.17, 15) is 12.8 Å². The molecule has 3 rings (SSSR count). The van der Waals surface area contributed by atoms with Gasteiger partial charge in [0.05, 0.1) is 11.4 Å². The van der Waals surface area contributed by atoms with Crippen LogP contribution in [0.25, 0.3) is 0 Å². The number of nitrogen functional groups attached to an aromatic ring is 1. The van der Waals surface area contributed by atoms with Gasteiger partial charge in [0.1, 0.15) is 5.82 Å². The van der Waals surface area contributed by atoms with Gasteiger partial charge in [-0.1, -0.05) is 17.4 Å². The van der Waals surface area contributed by atoms with Gasteiger partial charge in [-0.3, -0.25) is 4.31 Å². The maximum atomic E-state index is 13.4. The Balaban J connectivity index is 2.11. The van der Waals surface area contributed by atoms with Crippen LogP contribution in [0.4, 0.5) is 15.2 Å². The van der Waals surface area contributed by atoms with Crippen LogP contribution < -0.4 is 10.0 Å². The highest BCUT2D eigenvalue weighted by Gasteiger charge is 2.33. The first-order valence-corrected chi connectivity index (χ1v) is 8.19. The van der Waals surface area contributed by atoms with Crippen molar-refractivity contribution in [2.24, 2.45) is 0 Å². The highest BCUT2D eigenvalue weighted by Crippen LogP contribution is 2.36. The Morgan fingerprint density at radius 1 is 1.45 bits per heavy atom. The molecule has 1 aromatic heterocycles. The van der Waals surface area contributed by atoms with Crippen molar-refractivity contribution in [3.8, 4) is 0 Å². The van der Waals surface area contributed by atoms with Crippen LogP contribution in [0.1, 0.15) is 11.3 Å². The lowest BCUT2D eigenvalue weighted by atomic mass is 10.2. The van der Waals surface area contributed by atoms with Crippen molar-refractivity contribution in [1.29, 1.82) is 0 Å². The molecule has 0 aliphatic carbocycles. The molecular formula is C12H12FN3O2S2. The molecule has 20 heavy (non-hydrogen) atoms. The number of sulfonamides is 1. The molecule has 8 heteroatoms. The zero-order valence-electron chi connectivity index (χ0n) is 10.6. The van der Waals surface area contributed by atoms with Crippen LogP contribution in [0, 0.1) is 12.7 Å². The highest BCUT2D eigenvalue weighted by molar-refractivity contribution is 7.95. The molecule has 0 saturated carbocycles. The predicted molar refractivity (Wildman–Crippen MR) is 75.9 cm³/mol. The summed E-state index contributed by atoms with van der Waals surface area (Å²) in [6.07, 6.45) is 0.572. The Kier molecular flexibility index (Phi) is 2.94. The normalized spacial score (nSPS) is 14.6.